The van der Waals surface area contributed by atoms with Crippen LogP contribution in [0.15, 0.2) is 54.6 Å². The minimum atomic E-state index is -4.43. The fourth-order valence-electron chi connectivity index (χ4n) is 2.26. The molecule has 1 amide bonds. The number of amides is 1. The number of halogens is 3. The van der Waals surface area contributed by atoms with Crippen LogP contribution in [0.4, 0.5) is 18.9 Å². The Bertz CT molecular complexity index is 638. The smallest absolute Gasteiger partial charge is 0.326 e. The van der Waals surface area contributed by atoms with Crippen molar-refractivity contribution >= 4 is 11.6 Å². The molecule has 1 atom stereocenters. The minimum Gasteiger partial charge on any atom is -0.326 e. The third kappa shape index (κ3) is 3.87. The van der Waals surface area contributed by atoms with Crippen LogP contribution in [0, 0.1) is 0 Å². The van der Waals surface area contributed by atoms with Crippen molar-refractivity contribution in [2.45, 2.75) is 25.4 Å². The summed E-state index contributed by atoms with van der Waals surface area (Å²) in [6, 6.07) is 13.8. The number of benzene rings is 2. The number of carbonyl (C=O) groups excluding carboxylic acids is 1. The maximum Gasteiger partial charge on any atom is 0.416 e. The van der Waals surface area contributed by atoms with E-state index in [1.807, 2.05) is 37.3 Å². The Labute approximate surface area is 127 Å². The van der Waals surface area contributed by atoms with E-state index < -0.39 is 17.7 Å². The van der Waals surface area contributed by atoms with E-state index in [1.165, 1.54) is 12.1 Å². The quantitative estimate of drug-likeness (QED) is 0.860. The van der Waals surface area contributed by atoms with Gasteiger partial charge >= 0.3 is 6.18 Å². The van der Waals surface area contributed by atoms with E-state index in [-0.39, 0.29) is 11.6 Å². The molecule has 2 aromatic rings. The van der Waals surface area contributed by atoms with Crippen molar-refractivity contribution in [1.82, 2.24) is 0 Å². The van der Waals surface area contributed by atoms with E-state index in [0.29, 0.717) is 6.42 Å². The molecule has 0 aromatic heterocycles. The lowest BCUT2D eigenvalue weighted by molar-refractivity contribution is -0.137. The number of hydrogen-bond donors (Lipinski definition) is 1. The molecule has 0 fully saturated rings. The lowest BCUT2D eigenvalue weighted by Gasteiger charge is -2.16. The molecule has 0 saturated carbocycles. The molecule has 0 spiro atoms. The summed E-state index contributed by atoms with van der Waals surface area (Å²) in [7, 11) is 0. The molecule has 0 unspecified atom stereocenters. The van der Waals surface area contributed by atoms with Gasteiger partial charge in [-0.2, -0.15) is 13.2 Å². The lowest BCUT2D eigenvalue weighted by atomic mass is 9.95. The third-order valence-electron chi connectivity index (χ3n) is 3.38. The van der Waals surface area contributed by atoms with Gasteiger partial charge < -0.3 is 5.32 Å². The van der Waals surface area contributed by atoms with Gasteiger partial charge in [0.05, 0.1) is 11.5 Å². The number of rotatable bonds is 4. The van der Waals surface area contributed by atoms with Gasteiger partial charge in [0, 0.05) is 5.69 Å². The zero-order chi connectivity index (χ0) is 16.2. The van der Waals surface area contributed by atoms with E-state index in [1.54, 1.807) is 0 Å². The Morgan fingerprint density at radius 3 is 2.36 bits per heavy atom. The van der Waals surface area contributed by atoms with Gasteiger partial charge in [0.15, 0.2) is 0 Å². The van der Waals surface area contributed by atoms with Crippen LogP contribution >= 0.6 is 0 Å². The Morgan fingerprint density at radius 2 is 1.77 bits per heavy atom. The largest absolute Gasteiger partial charge is 0.416 e. The zero-order valence-corrected chi connectivity index (χ0v) is 12.0. The molecule has 0 aliphatic carbocycles. The summed E-state index contributed by atoms with van der Waals surface area (Å²) in [5, 5.41) is 2.56. The molecular weight excluding hydrogens is 291 g/mol. The first-order valence-electron chi connectivity index (χ1n) is 6.95. The molecule has 0 radical (unpaired) electrons. The summed E-state index contributed by atoms with van der Waals surface area (Å²) < 4.78 is 38.0. The van der Waals surface area contributed by atoms with Crippen LogP contribution in [0.1, 0.15) is 30.4 Å². The summed E-state index contributed by atoms with van der Waals surface area (Å²) in [5.41, 5.74) is 0.210. The maximum atomic E-state index is 12.7. The molecular formula is C17H16F3NO. The van der Waals surface area contributed by atoms with E-state index in [2.05, 4.69) is 5.32 Å². The van der Waals surface area contributed by atoms with Gasteiger partial charge in [-0.25, -0.2) is 0 Å². The lowest BCUT2D eigenvalue weighted by Crippen LogP contribution is -2.21. The predicted molar refractivity (Wildman–Crippen MR) is 79.5 cm³/mol. The summed E-state index contributed by atoms with van der Waals surface area (Å²) in [5.74, 6) is -0.705. The van der Waals surface area contributed by atoms with Crippen LogP contribution < -0.4 is 5.32 Å². The molecule has 2 aromatic carbocycles. The van der Waals surface area contributed by atoms with Crippen LogP contribution in [0.3, 0.4) is 0 Å². The van der Waals surface area contributed by atoms with Gasteiger partial charge in [-0.05, 0) is 30.2 Å². The van der Waals surface area contributed by atoms with Crippen LogP contribution in [-0.2, 0) is 11.0 Å². The number of carbonyl (C=O) groups is 1. The van der Waals surface area contributed by atoms with E-state index >= 15 is 0 Å². The monoisotopic (exact) mass is 307 g/mol. The summed E-state index contributed by atoms with van der Waals surface area (Å²) >= 11 is 0. The standard InChI is InChI=1S/C17H16F3NO/c1-2-15(12-7-4-3-5-8-12)16(22)21-14-10-6-9-13(11-14)17(18,19)20/h3-11,15H,2H2,1H3,(H,21,22)/t15-/m1/s1. The number of anilines is 1. The van der Waals surface area contributed by atoms with Crippen molar-refractivity contribution in [2.24, 2.45) is 0 Å². The van der Waals surface area contributed by atoms with Gasteiger partial charge in [0.1, 0.15) is 0 Å². The molecule has 5 heteroatoms. The van der Waals surface area contributed by atoms with E-state index in [4.69, 9.17) is 0 Å². The highest BCUT2D eigenvalue weighted by atomic mass is 19.4. The Hall–Kier alpha value is -2.30. The van der Waals surface area contributed by atoms with Crippen LogP contribution in [-0.4, -0.2) is 5.91 Å². The second-order valence-corrected chi connectivity index (χ2v) is 4.94. The molecule has 1 N–H and O–H groups in total. The fraction of sp³-hybridized carbons (Fsp3) is 0.235. The summed E-state index contributed by atoms with van der Waals surface area (Å²) in [6.07, 6.45) is -3.86. The first-order chi connectivity index (χ1) is 10.4. The van der Waals surface area contributed by atoms with Crippen molar-refractivity contribution in [3.63, 3.8) is 0 Å². The van der Waals surface area contributed by atoms with Gasteiger partial charge in [0.2, 0.25) is 5.91 Å². The second-order valence-electron chi connectivity index (χ2n) is 4.94. The van der Waals surface area contributed by atoms with Crippen LogP contribution in [0.25, 0.3) is 0 Å². The van der Waals surface area contributed by atoms with Crippen molar-refractivity contribution in [3.8, 4) is 0 Å². The Morgan fingerprint density at radius 1 is 1.09 bits per heavy atom. The molecule has 22 heavy (non-hydrogen) atoms. The van der Waals surface area contributed by atoms with Gasteiger partial charge in [-0.1, -0.05) is 43.3 Å². The second kappa shape index (κ2) is 6.64. The SMILES string of the molecule is CC[C@@H](C(=O)Nc1cccc(C(F)(F)F)c1)c1ccccc1. The normalized spacial score (nSPS) is 12.7. The highest BCUT2D eigenvalue weighted by Gasteiger charge is 2.30. The van der Waals surface area contributed by atoms with Gasteiger partial charge in [-0.3, -0.25) is 4.79 Å². The van der Waals surface area contributed by atoms with Crippen molar-refractivity contribution in [2.75, 3.05) is 5.32 Å². The van der Waals surface area contributed by atoms with Crippen molar-refractivity contribution in [3.05, 3.63) is 65.7 Å². The molecule has 0 bridgehead atoms. The summed E-state index contributed by atoms with van der Waals surface area (Å²) in [4.78, 5) is 12.3. The highest BCUT2D eigenvalue weighted by Crippen LogP contribution is 2.31. The van der Waals surface area contributed by atoms with Gasteiger partial charge in [0.25, 0.3) is 0 Å². The first-order valence-corrected chi connectivity index (χ1v) is 6.95. The van der Waals surface area contributed by atoms with Crippen LogP contribution in [0.5, 0.6) is 0 Å². The topological polar surface area (TPSA) is 29.1 Å². The van der Waals surface area contributed by atoms with E-state index in [0.717, 1.165) is 17.7 Å². The summed E-state index contributed by atoms with van der Waals surface area (Å²) in [6.45, 7) is 1.86. The fourth-order valence-corrected chi connectivity index (χ4v) is 2.26. The number of hydrogen-bond acceptors (Lipinski definition) is 1. The average molecular weight is 307 g/mol. The predicted octanol–water partition coefficient (Wildman–Crippen LogP) is 4.84. The van der Waals surface area contributed by atoms with E-state index in [9.17, 15) is 18.0 Å². The molecule has 2 nitrogen and oxygen atoms in total. The minimum absolute atomic E-state index is 0.147. The molecule has 0 saturated heterocycles. The Kier molecular flexibility index (Phi) is 4.85. The maximum absolute atomic E-state index is 12.7. The Balaban J connectivity index is 2.18. The van der Waals surface area contributed by atoms with Crippen molar-refractivity contribution < 1.29 is 18.0 Å². The molecule has 0 heterocycles. The average Bonchev–Trinajstić information content (AvgIpc) is 2.48. The number of nitrogens with one attached hydrogen (secondary N) is 1. The van der Waals surface area contributed by atoms with Gasteiger partial charge in [-0.15, -0.1) is 0 Å². The molecule has 116 valence electrons. The van der Waals surface area contributed by atoms with Crippen LogP contribution in [0.2, 0.25) is 0 Å². The molecule has 0 aliphatic rings. The zero-order valence-electron chi connectivity index (χ0n) is 12.0. The van der Waals surface area contributed by atoms with Crippen molar-refractivity contribution in [1.29, 1.82) is 0 Å². The number of alkyl halides is 3. The highest BCUT2D eigenvalue weighted by molar-refractivity contribution is 5.95. The molecule has 0 aliphatic heterocycles. The third-order valence-corrected chi connectivity index (χ3v) is 3.38. The molecule has 2 rings (SSSR count). The first kappa shape index (κ1) is 16.1.